The second kappa shape index (κ2) is 12.8. The van der Waals surface area contributed by atoms with Crippen molar-refractivity contribution in [3.05, 3.63) is 44.5 Å². The van der Waals surface area contributed by atoms with E-state index in [1.54, 1.807) is 11.3 Å². The number of nitrogens with one attached hydrogen (secondary N) is 1. The predicted octanol–water partition coefficient (Wildman–Crippen LogP) is 5.14. The monoisotopic (exact) mass is 393 g/mol. The van der Waals surface area contributed by atoms with E-state index in [2.05, 4.69) is 35.3 Å². The van der Waals surface area contributed by atoms with Crippen molar-refractivity contribution in [3.63, 3.8) is 0 Å². The summed E-state index contributed by atoms with van der Waals surface area (Å²) in [4.78, 5) is 16.3. The highest BCUT2D eigenvalue weighted by molar-refractivity contribution is 7.10. The van der Waals surface area contributed by atoms with Gasteiger partial charge in [0.25, 0.3) is 0 Å². The molecule has 2 aromatic heterocycles. The first-order chi connectivity index (χ1) is 12.5. The van der Waals surface area contributed by atoms with Crippen molar-refractivity contribution in [2.45, 2.75) is 65.7 Å². The van der Waals surface area contributed by atoms with Gasteiger partial charge in [0.1, 0.15) is 5.01 Å². The Hall–Kier alpha value is -1.50. The molecule has 0 aromatic carbocycles. The zero-order valence-electron chi connectivity index (χ0n) is 16.1. The molecule has 6 heteroatoms. The lowest BCUT2D eigenvalue weighted by Crippen LogP contribution is -2.29. The average Bonchev–Trinajstić information content (AvgIpc) is 3.28. The molecule has 2 heterocycles. The van der Waals surface area contributed by atoms with E-state index in [4.69, 9.17) is 5.84 Å². The van der Waals surface area contributed by atoms with Crippen LogP contribution in [0.3, 0.4) is 0 Å². The van der Waals surface area contributed by atoms with Gasteiger partial charge >= 0.3 is 0 Å². The molecule has 2 rings (SSSR count). The van der Waals surface area contributed by atoms with Crippen LogP contribution in [0, 0.1) is 0 Å². The highest BCUT2D eigenvalue weighted by Crippen LogP contribution is 2.21. The smallest absolute Gasteiger partial charge is 0.233 e. The number of unbranched alkanes of at least 4 members (excludes halogenated alkanes) is 1. The maximum absolute atomic E-state index is 10.2. The van der Waals surface area contributed by atoms with E-state index in [0.29, 0.717) is 6.42 Å². The summed E-state index contributed by atoms with van der Waals surface area (Å²) in [6.07, 6.45) is 7.31. The Morgan fingerprint density at radius 2 is 1.96 bits per heavy atom. The number of hydrogen-bond donors (Lipinski definition) is 2. The van der Waals surface area contributed by atoms with Gasteiger partial charge in [-0.05, 0) is 61.6 Å². The molecule has 0 aliphatic rings. The van der Waals surface area contributed by atoms with Crippen LogP contribution in [-0.2, 0) is 24.1 Å². The Kier molecular flexibility index (Phi) is 11.1. The molecule has 0 unspecified atom stereocenters. The van der Waals surface area contributed by atoms with Gasteiger partial charge in [0.15, 0.2) is 0 Å². The van der Waals surface area contributed by atoms with Crippen LogP contribution in [0.1, 0.15) is 67.6 Å². The summed E-state index contributed by atoms with van der Waals surface area (Å²) >= 11 is 3.59. The molecule has 0 fully saturated rings. The molecule has 0 bridgehead atoms. The Morgan fingerprint density at radius 3 is 2.50 bits per heavy atom. The van der Waals surface area contributed by atoms with E-state index in [-0.39, 0.29) is 5.91 Å². The maximum Gasteiger partial charge on any atom is 0.233 e. The number of thiazole rings is 1. The quantitative estimate of drug-likeness (QED) is 0.352. The first kappa shape index (κ1) is 22.5. The van der Waals surface area contributed by atoms with E-state index >= 15 is 0 Å². The lowest BCUT2D eigenvalue weighted by molar-refractivity contribution is -0.121. The number of carbonyl (C=O) groups excluding carboxylic acids is 1. The average molecular weight is 394 g/mol. The minimum atomic E-state index is -0.0949. The molecule has 2 aromatic rings. The number of hydrazine groups is 1. The highest BCUT2D eigenvalue weighted by atomic mass is 32.1. The van der Waals surface area contributed by atoms with Crippen LogP contribution in [0.15, 0.2) is 23.4 Å². The van der Waals surface area contributed by atoms with Crippen LogP contribution in [0.4, 0.5) is 0 Å². The van der Waals surface area contributed by atoms with Crippen molar-refractivity contribution in [3.8, 4) is 0 Å². The summed E-state index contributed by atoms with van der Waals surface area (Å²) in [5.41, 5.74) is 5.79. The fourth-order valence-electron chi connectivity index (χ4n) is 2.24. The summed E-state index contributed by atoms with van der Waals surface area (Å²) in [6.45, 7) is 10.1. The number of rotatable bonds is 9. The Labute approximate surface area is 165 Å². The molecule has 144 valence electrons. The second-order valence-corrected chi connectivity index (χ2v) is 8.12. The van der Waals surface area contributed by atoms with Gasteiger partial charge in [-0.25, -0.2) is 10.8 Å². The van der Waals surface area contributed by atoms with Crippen LogP contribution in [0.5, 0.6) is 0 Å². The van der Waals surface area contributed by atoms with E-state index < -0.39 is 0 Å². The van der Waals surface area contributed by atoms with Gasteiger partial charge < -0.3 is 0 Å². The highest BCUT2D eigenvalue weighted by Gasteiger charge is 2.05. The van der Waals surface area contributed by atoms with Crippen LogP contribution < -0.4 is 11.3 Å². The molecule has 3 N–H and O–H groups in total. The number of allylic oxidation sites excluding steroid dienone is 1. The Morgan fingerprint density at radius 1 is 1.19 bits per heavy atom. The van der Waals surface area contributed by atoms with Crippen molar-refractivity contribution in [2.75, 3.05) is 0 Å². The molecule has 0 saturated heterocycles. The lowest BCUT2D eigenvalue weighted by Gasteiger charge is -1.95. The third-order valence-corrected chi connectivity index (χ3v) is 5.81. The molecular weight excluding hydrogens is 362 g/mol. The van der Waals surface area contributed by atoms with Gasteiger partial charge in [-0.2, -0.15) is 0 Å². The minimum absolute atomic E-state index is 0.0949. The van der Waals surface area contributed by atoms with E-state index in [9.17, 15) is 4.79 Å². The first-order valence-corrected chi connectivity index (χ1v) is 10.9. The van der Waals surface area contributed by atoms with E-state index in [1.807, 2.05) is 30.6 Å². The molecule has 26 heavy (non-hydrogen) atoms. The summed E-state index contributed by atoms with van der Waals surface area (Å²) < 4.78 is 0. The van der Waals surface area contributed by atoms with Crippen molar-refractivity contribution < 1.29 is 4.79 Å². The molecule has 0 radical (unpaired) electrons. The SMILES string of the molecule is C=C(C)c1nc(CCc2cc(CCCC)cs2)cs1.CCCC(=O)NN. The molecule has 0 atom stereocenters. The minimum Gasteiger partial charge on any atom is -0.294 e. The van der Waals surface area contributed by atoms with Crippen LogP contribution in [-0.4, -0.2) is 10.9 Å². The Balaban J connectivity index is 0.000000412. The van der Waals surface area contributed by atoms with Gasteiger partial charge in [0.2, 0.25) is 5.91 Å². The predicted molar refractivity (Wildman–Crippen MR) is 114 cm³/mol. The fourth-order valence-corrected chi connectivity index (χ4v) is 3.95. The number of hydrogen-bond acceptors (Lipinski definition) is 5. The third-order valence-electron chi connectivity index (χ3n) is 3.71. The molecule has 0 aliphatic heterocycles. The van der Waals surface area contributed by atoms with Crippen LogP contribution in [0.25, 0.3) is 5.57 Å². The van der Waals surface area contributed by atoms with E-state index in [1.165, 1.54) is 35.4 Å². The van der Waals surface area contributed by atoms with Gasteiger partial charge in [-0.1, -0.05) is 26.8 Å². The van der Waals surface area contributed by atoms with Gasteiger partial charge in [-0.15, -0.1) is 22.7 Å². The third kappa shape index (κ3) is 8.74. The standard InChI is InChI=1S/C16H21NS2.C4H10N2O/c1-4-5-6-13-9-15(18-10-13)8-7-14-11-19-16(17-14)12(2)3;1-2-3-4(7)6-5/h9-11H,2,4-8H2,1,3H3;2-3,5H2,1H3,(H,6,7). The van der Waals surface area contributed by atoms with Crippen molar-refractivity contribution in [1.82, 2.24) is 10.4 Å². The zero-order valence-corrected chi connectivity index (χ0v) is 17.8. The molecule has 0 aliphatic carbocycles. The summed E-state index contributed by atoms with van der Waals surface area (Å²) in [5, 5.41) is 5.55. The molecule has 4 nitrogen and oxygen atoms in total. The number of thiophene rings is 1. The molecule has 1 amide bonds. The van der Waals surface area contributed by atoms with Crippen LogP contribution >= 0.6 is 22.7 Å². The Bertz CT molecular complexity index is 676. The van der Waals surface area contributed by atoms with Crippen molar-refractivity contribution in [1.29, 1.82) is 0 Å². The summed E-state index contributed by atoms with van der Waals surface area (Å²) in [6, 6.07) is 2.37. The van der Waals surface area contributed by atoms with Gasteiger partial charge in [0, 0.05) is 16.7 Å². The molecule has 0 spiro atoms. The largest absolute Gasteiger partial charge is 0.294 e. The summed E-state index contributed by atoms with van der Waals surface area (Å²) in [5.74, 6) is 4.66. The zero-order chi connectivity index (χ0) is 19.4. The number of nitrogens with zero attached hydrogens (tertiary/aromatic N) is 1. The molecule has 0 saturated carbocycles. The van der Waals surface area contributed by atoms with Gasteiger partial charge in [-0.3, -0.25) is 10.2 Å². The topological polar surface area (TPSA) is 68.0 Å². The summed E-state index contributed by atoms with van der Waals surface area (Å²) in [7, 11) is 0. The second-order valence-electron chi connectivity index (χ2n) is 6.27. The number of amides is 1. The molecular formula is C20H31N3OS2. The number of carbonyl (C=O) groups is 1. The first-order valence-electron chi connectivity index (χ1n) is 9.16. The van der Waals surface area contributed by atoms with Crippen molar-refractivity contribution >= 4 is 34.2 Å². The number of aromatic nitrogens is 1. The lowest BCUT2D eigenvalue weighted by atomic mass is 10.1. The number of nitrogens with two attached hydrogens (primary N) is 1. The fraction of sp³-hybridized carbons (Fsp3) is 0.500. The number of aryl methyl sites for hydroxylation is 3. The van der Waals surface area contributed by atoms with Crippen molar-refractivity contribution in [2.24, 2.45) is 5.84 Å². The maximum atomic E-state index is 10.2. The van der Waals surface area contributed by atoms with Crippen LogP contribution in [0.2, 0.25) is 0 Å². The van der Waals surface area contributed by atoms with E-state index in [0.717, 1.165) is 29.8 Å². The van der Waals surface area contributed by atoms with Gasteiger partial charge in [0.05, 0.1) is 5.69 Å². The normalized spacial score (nSPS) is 10.2.